The Labute approximate surface area is 85.4 Å². The molecule has 2 aliphatic rings. The zero-order valence-corrected chi connectivity index (χ0v) is 8.94. The van der Waals surface area contributed by atoms with Gasteiger partial charge in [0, 0.05) is 38.1 Å². The molecule has 1 saturated heterocycles. The highest BCUT2D eigenvalue weighted by atomic mass is 16.5. The van der Waals surface area contributed by atoms with Crippen molar-refractivity contribution in [2.75, 3.05) is 20.3 Å². The summed E-state index contributed by atoms with van der Waals surface area (Å²) in [5.41, 5.74) is 0.135. The molecular formula is C11H18N2O. The molecule has 14 heavy (non-hydrogen) atoms. The second-order valence-electron chi connectivity index (χ2n) is 4.39. The maximum atomic E-state index is 5.38. The topological polar surface area (TPSA) is 24.8 Å². The van der Waals surface area contributed by atoms with Gasteiger partial charge >= 0.3 is 0 Å². The van der Waals surface area contributed by atoms with Gasteiger partial charge in [-0.3, -0.25) is 5.01 Å². The zero-order valence-electron chi connectivity index (χ0n) is 8.94. The summed E-state index contributed by atoms with van der Waals surface area (Å²) in [6.07, 6.45) is 8.68. The van der Waals surface area contributed by atoms with Crippen LogP contribution in [0.3, 0.4) is 0 Å². The number of hydrogen-bond acceptors (Lipinski definition) is 3. The lowest BCUT2D eigenvalue weighted by atomic mass is 9.73. The number of hydrogen-bond donors (Lipinski definition) is 0. The summed E-state index contributed by atoms with van der Waals surface area (Å²) in [6, 6.07) is 0. The summed E-state index contributed by atoms with van der Waals surface area (Å²) in [5, 5.41) is 6.19. The Bertz CT molecular complexity index is 240. The maximum Gasteiger partial charge on any atom is 0.0469 e. The fourth-order valence-electron chi connectivity index (χ4n) is 2.13. The van der Waals surface area contributed by atoms with Gasteiger partial charge in [0.15, 0.2) is 0 Å². The smallest absolute Gasteiger partial charge is 0.0469 e. The monoisotopic (exact) mass is 194 g/mol. The van der Waals surface area contributed by atoms with Crippen LogP contribution < -0.4 is 0 Å². The third-order valence-electron chi connectivity index (χ3n) is 3.27. The van der Waals surface area contributed by atoms with Gasteiger partial charge < -0.3 is 4.74 Å². The highest BCUT2D eigenvalue weighted by molar-refractivity contribution is 5.69. The quantitative estimate of drug-likeness (QED) is 0.636. The minimum Gasteiger partial charge on any atom is -0.381 e. The summed E-state index contributed by atoms with van der Waals surface area (Å²) in [4.78, 5) is 0. The third-order valence-corrected chi connectivity index (χ3v) is 3.27. The fourth-order valence-corrected chi connectivity index (χ4v) is 2.13. The van der Waals surface area contributed by atoms with Crippen LogP contribution in [0.5, 0.6) is 0 Å². The molecule has 1 fully saturated rings. The van der Waals surface area contributed by atoms with Crippen LogP contribution >= 0.6 is 0 Å². The summed E-state index contributed by atoms with van der Waals surface area (Å²) in [7, 11) is 1.95. The standard InChI is InChI=1S/C11H18N2O/c1-11(5-6-13(2)12-9-11)10-3-7-14-8-4-10/h5-6,9-10H,3-4,7-8H2,1-2H3. The van der Waals surface area contributed by atoms with Crippen molar-refractivity contribution in [2.24, 2.45) is 16.4 Å². The van der Waals surface area contributed by atoms with E-state index < -0.39 is 0 Å². The highest BCUT2D eigenvalue weighted by Gasteiger charge is 2.33. The predicted molar refractivity (Wildman–Crippen MR) is 57.0 cm³/mol. The molecule has 0 bridgehead atoms. The van der Waals surface area contributed by atoms with Gasteiger partial charge in [-0.2, -0.15) is 5.10 Å². The van der Waals surface area contributed by atoms with E-state index in [-0.39, 0.29) is 5.41 Å². The predicted octanol–water partition coefficient (Wildman–Crippen LogP) is 1.86. The SMILES string of the molecule is CN1C=CC(C)(C2CCOCC2)C=N1. The average molecular weight is 194 g/mol. The van der Waals surface area contributed by atoms with Crippen LogP contribution in [-0.2, 0) is 4.74 Å². The van der Waals surface area contributed by atoms with Crippen molar-refractivity contribution in [1.29, 1.82) is 0 Å². The maximum absolute atomic E-state index is 5.38. The molecule has 2 heterocycles. The van der Waals surface area contributed by atoms with E-state index in [1.54, 1.807) is 0 Å². The van der Waals surface area contributed by atoms with Crippen LogP contribution in [0.2, 0.25) is 0 Å². The van der Waals surface area contributed by atoms with Crippen LogP contribution in [-0.4, -0.2) is 31.5 Å². The molecule has 2 rings (SSSR count). The molecule has 0 saturated carbocycles. The van der Waals surface area contributed by atoms with E-state index >= 15 is 0 Å². The van der Waals surface area contributed by atoms with Gasteiger partial charge in [-0.25, -0.2) is 0 Å². The second-order valence-corrected chi connectivity index (χ2v) is 4.39. The Morgan fingerprint density at radius 2 is 2.14 bits per heavy atom. The van der Waals surface area contributed by atoms with Crippen molar-refractivity contribution in [3.05, 3.63) is 12.3 Å². The lowest BCUT2D eigenvalue weighted by Gasteiger charge is -2.36. The third kappa shape index (κ3) is 1.82. The number of ether oxygens (including phenoxy) is 1. The van der Waals surface area contributed by atoms with Crippen molar-refractivity contribution >= 4 is 6.21 Å². The molecule has 0 amide bonds. The molecule has 0 aliphatic carbocycles. The van der Waals surface area contributed by atoms with Crippen LogP contribution in [0, 0.1) is 11.3 Å². The second kappa shape index (κ2) is 3.73. The van der Waals surface area contributed by atoms with E-state index in [1.165, 1.54) is 0 Å². The van der Waals surface area contributed by atoms with Crippen molar-refractivity contribution in [2.45, 2.75) is 19.8 Å². The number of nitrogens with zero attached hydrogens (tertiary/aromatic N) is 2. The molecule has 2 aliphatic heterocycles. The van der Waals surface area contributed by atoms with E-state index in [4.69, 9.17) is 4.74 Å². The Balaban J connectivity index is 2.08. The first kappa shape index (κ1) is 9.71. The highest BCUT2D eigenvalue weighted by Crippen LogP contribution is 2.36. The number of allylic oxidation sites excluding steroid dienone is 1. The molecule has 78 valence electrons. The van der Waals surface area contributed by atoms with Gasteiger partial charge in [-0.05, 0) is 18.8 Å². The van der Waals surface area contributed by atoms with Gasteiger partial charge in [0.05, 0.1) is 0 Å². The number of hydrazone groups is 1. The molecule has 0 aromatic carbocycles. The average Bonchev–Trinajstić information content (AvgIpc) is 2.24. The molecule has 3 heteroatoms. The van der Waals surface area contributed by atoms with Crippen LogP contribution in [0.4, 0.5) is 0 Å². The summed E-state index contributed by atoms with van der Waals surface area (Å²) >= 11 is 0. The summed E-state index contributed by atoms with van der Waals surface area (Å²) < 4.78 is 5.38. The van der Waals surface area contributed by atoms with E-state index in [9.17, 15) is 0 Å². The Morgan fingerprint density at radius 1 is 1.43 bits per heavy atom. The summed E-state index contributed by atoms with van der Waals surface area (Å²) in [5.74, 6) is 0.685. The first-order valence-corrected chi connectivity index (χ1v) is 5.26. The van der Waals surface area contributed by atoms with Crippen molar-refractivity contribution in [3.63, 3.8) is 0 Å². The first-order chi connectivity index (χ1) is 6.71. The molecule has 0 aromatic heterocycles. The molecule has 0 aromatic rings. The largest absolute Gasteiger partial charge is 0.381 e. The molecular weight excluding hydrogens is 176 g/mol. The first-order valence-electron chi connectivity index (χ1n) is 5.26. The van der Waals surface area contributed by atoms with Crippen molar-refractivity contribution in [3.8, 4) is 0 Å². The molecule has 0 radical (unpaired) electrons. The van der Waals surface area contributed by atoms with E-state index in [1.807, 2.05) is 12.1 Å². The Morgan fingerprint density at radius 3 is 2.71 bits per heavy atom. The molecule has 1 atom stereocenters. The fraction of sp³-hybridized carbons (Fsp3) is 0.727. The van der Waals surface area contributed by atoms with E-state index in [0.717, 1.165) is 26.1 Å². The lowest BCUT2D eigenvalue weighted by Crippen LogP contribution is -2.34. The van der Waals surface area contributed by atoms with E-state index in [0.29, 0.717) is 5.92 Å². The van der Waals surface area contributed by atoms with Crippen molar-refractivity contribution in [1.82, 2.24) is 5.01 Å². The summed E-state index contributed by atoms with van der Waals surface area (Å²) in [6.45, 7) is 4.06. The van der Waals surface area contributed by atoms with Gasteiger partial charge in [0.2, 0.25) is 0 Å². The Hall–Kier alpha value is -0.830. The molecule has 0 N–H and O–H groups in total. The van der Waals surface area contributed by atoms with E-state index in [2.05, 4.69) is 30.5 Å². The van der Waals surface area contributed by atoms with Crippen molar-refractivity contribution < 1.29 is 4.74 Å². The van der Waals surface area contributed by atoms with Gasteiger partial charge in [-0.15, -0.1) is 0 Å². The minimum atomic E-state index is 0.135. The lowest BCUT2D eigenvalue weighted by molar-refractivity contribution is 0.0468. The van der Waals surface area contributed by atoms with Gasteiger partial charge in [0.25, 0.3) is 0 Å². The number of rotatable bonds is 1. The minimum absolute atomic E-state index is 0.135. The van der Waals surface area contributed by atoms with Gasteiger partial charge in [-0.1, -0.05) is 13.0 Å². The van der Waals surface area contributed by atoms with Gasteiger partial charge in [0.1, 0.15) is 0 Å². The Kier molecular flexibility index (Phi) is 2.59. The zero-order chi connectivity index (χ0) is 10.0. The van der Waals surface area contributed by atoms with Crippen LogP contribution in [0.25, 0.3) is 0 Å². The van der Waals surface area contributed by atoms with Crippen LogP contribution in [0.15, 0.2) is 17.4 Å². The molecule has 0 spiro atoms. The molecule has 3 nitrogen and oxygen atoms in total. The van der Waals surface area contributed by atoms with Crippen LogP contribution in [0.1, 0.15) is 19.8 Å². The molecule has 1 unspecified atom stereocenters. The normalized spacial score (nSPS) is 33.7.